The van der Waals surface area contributed by atoms with Gasteiger partial charge in [-0.1, -0.05) is 0 Å². The van der Waals surface area contributed by atoms with Crippen molar-refractivity contribution < 1.29 is 14.3 Å². The molecule has 4 heterocycles. The minimum atomic E-state index is -0.792. The second-order valence-corrected chi connectivity index (χ2v) is 6.63. The molecule has 10 nitrogen and oxygen atoms in total. The van der Waals surface area contributed by atoms with E-state index in [1.807, 2.05) is 6.07 Å². The van der Waals surface area contributed by atoms with Crippen molar-refractivity contribution in [1.82, 2.24) is 25.4 Å². The highest BCUT2D eigenvalue weighted by Gasteiger charge is 2.29. The Kier molecular flexibility index (Phi) is 5.02. The number of piperidine rings is 1. The van der Waals surface area contributed by atoms with Crippen molar-refractivity contribution in [1.29, 1.82) is 0 Å². The van der Waals surface area contributed by atoms with Crippen molar-refractivity contribution in [2.24, 2.45) is 0 Å². The number of nitrogens with zero attached hydrogens (tertiary/aromatic N) is 4. The maximum Gasteiger partial charge on any atom is 0.271 e. The van der Waals surface area contributed by atoms with Crippen LogP contribution in [0.4, 0.5) is 5.82 Å². The lowest BCUT2D eigenvalue weighted by Gasteiger charge is -2.28. The van der Waals surface area contributed by atoms with Crippen LogP contribution < -0.4 is 25.8 Å². The van der Waals surface area contributed by atoms with Crippen LogP contribution >= 0.6 is 0 Å². The normalized spacial score (nSPS) is 20.0. The number of hydrogen-bond donors (Lipinski definition) is 2. The number of carbonyl (C=O) groups excluding carboxylic acids is 2. The lowest BCUT2D eigenvalue weighted by Crippen LogP contribution is -2.45. The van der Waals surface area contributed by atoms with Crippen LogP contribution in [0.25, 0.3) is 0 Å². The summed E-state index contributed by atoms with van der Waals surface area (Å²) >= 11 is 0. The summed E-state index contributed by atoms with van der Waals surface area (Å²) in [4.78, 5) is 42.1. The summed E-state index contributed by atoms with van der Waals surface area (Å²) in [5.74, 6) is 0.752. The molecule has 0 bridgehead atoms. The highest BCUT2D eigenvalue weighted by Crippen LogP contribution is 2.22. The molecule has 1 unspecified atom stereocenters. The van der Waals surface area contributed by atoms with Gasteiger partial charge < -0.3 is 15.0 Å². The molecule has 2 aliphatic rings. The number of hydrogen-bond acceptors (Lipinski definition) is 8. The van der Waals surface area contributed by atoms with E-state index >= 15 is 0 Å². The molecule has 2 N–H and O–H groups in total. The number of piperazine rings is 1. The number of ether oxygens (including phenoxy) is 1. The van der Waals surface area contributed by atoms with Crippen molar-refractivity contribution in [3.05, 3.63) is 40.9 Å². The number of carbonyl (C=O) groups is 2. The third kappa shape index (κ3) is 3.86. The summed E-state index contributed by atoms with van der Waals surface area (Å²) in [5.41, 5.74) is -0.475. The Balaban J connectivity index is 1.45. The Morgan fingerprint density at radius 1 is 1.07 bits per heavy atom. The van der Waals surface area contributed by atoms with Gasteiger partial charge in [0.15, 0.2) is 5.75 Å². The van der Waals surface area contributed by atoms with Crippen LogP contribution in [0.3, 0.4) is 0 Å². The molecule has 146 valence electrons. The molecule has 0 aromatic carbocycles. The van der Waals surface area contributed by atoms with Crippen LogP contribution in [0.2, 0.25) is 0 Å². The maximum absolute atomic E-state index is 12.3. The van der Waals surface area contributed by atoms with Gasteiger partial charge in [0.1, 0.15) is 17.6 Å². The Labute approximate surface area is 160 Å². The molecule has 4 rings (SSSR count). The molecule has 0 aliphatic carbocycles. The highest BCUT2D eigenvalue weighted by atomic mass is 16.5. The lowest BCUT2D eigenvalue weighted by molar-refractivity contribution is -0.136. The van der Waals surface area contributed by atoms with Gasteiger partial charge in [0.25, 0.3) is 11.5 Å². The molecule has 2 aromatic heterocycles. The molecule has 0 radical (unpaired) electrons. The van der Waals surface area contributed by atoms with Gasteiger partial charge in [-0.05, 0) is 18.6 Å². The van der Waals surface area contributed by atoms with Crippen molar-refractivity contribution >= 4 is 17.6 Å². The molecular formula is C18H20N6O4. The third-order valence-electron chi connectivity index (χ3n) is 4.70. The van der Waals surface area contributed by atoms with Gasteiger partial charge >= 0.3 is 0 Å². The predicted octanol–water partition coefficient (Wildman–Crippen LogP) is -0.182. The molecular weight excluding hydrogens is 364 g/mol. The van der Waals surface area contributed by atoms with Crippen LogP contribution in [-0.2, 0) is 9.59 Å². The summed E-state index contributed by atoms with van der Waals surface area (Å²) in [5, 5.41) is 9.55. The van der Waals surface area contributed by atoms with Crippen LogP contribution in [0, 0.1) is 0 Å². The van der Waals surface area contributed by atoms with E-state index in [1.165, 1.54) is 12.3 Å². The van der Waals surface area contributed by atoms with E-state index in [4.69, 9.17) is 4.74 Å². The monoisotopic (exact) mass is 384 g/mol. The predicted molar refractivity (Wildman–Crippen MR) is 99.3 cm³/mol. The number of amides is 2. The van der Waals surface area contributed by atoms with Gasteiger partial charge in [-0.2, -0.15) is 5.10 Å². The van der Waals surface area contributed by atoms with Gasteiger partial charge in [-0.15, -0.1) is 0 Å². The fraction of sp³-hybridized carbons (Fsp3) is 0.389. The fourth-order valence-corrected chi connectivity index (χ4v) is 3.26. The first kappa shape index (κ1) is 18.1. The number of anilines is 1. The molecule has 2 fully saturated rings. The van der Waals surface area contributed by atoms with E-state index in [0.29, 0.717) is 5.75 Å². The number of pyridine rings is 1. The SMILES string of the molecule is O=C1CCC(n2ncc(Oc3ccc(N4CCNCC4)nc3)cc2=O)C(=O)N1. The molecule has 2 saturated heterocycles. The van der Waals surface area contributed by atoms with E-state index in [1.54, 1.807) is 12.3 Å². The molecule has 0 saturated carbocycles. The summed E-state index contributed by atoms with van der Waals surface area (Å²) < 4.78 is 6.73. The number of nitrogens with one attached hydrogen (secondary N) is 2. The lowest BCUT2D eigenvalue weighted by atomic mass is 10.1. The molecule has 2 aliphatic heterocycles. The zero-order valence-corrected chi connectivity index (χ0v) is 15.1. The van der Waals surface area contributed by atoms with Crippen LogP contribution in [-0.4, -0.2) is 52.8 Å². The van der Waals surface area contributed by atoms with Crippen molar-refractivity contribution in [2.75, 3.05) is 31.1 Å². The topological polar surface area (TPSA) is 118 Å². The first-order chi connectivity index (χ1) is 13.6. The Morgan fingerprint density at radius 3 is 2.57 bits per heavy atom. The van der Waals surface area contributed by atoms with E-state index in [9.17, 15) is 14.4 Å². The molecule has 10 heteroatoms. The number of imide groups is 1. The van der Waals surface area contributed by atoms with E-state index in [2.05, 4.69) is 25.6 Å². The highest BCUT2D eigenvalue weighted by molar-refractivity contribution is 5.99. The second kappa shape index (κ2) is 7.77. The largest absolute Gasteiger partial charge is 0.454 e. The first-order valence-corrected chi connectivity index (χ1v) is 9.12. The first-order valence-electron chi connectivity index (χ1n) is 9.12. The summed E-state index contributed by atoms with van der Waals surface area (Å²) in [6, 6.07) is 4.13. The van der Waals surface area contributed by atoms with Crippen LogP contribution in [0.15, 0.2) is 35.4 Å². The average Bonchev–Trinajstić information content (AvgIpc) is 2.70. The van der Waals surface area contributed by atoms with E-state index < -0.39 is 17.5 Å². The van der Waals surface area contributed by atoms with E-state index in [0.717, 1.165) is 36.7 Å². The quantitative estimate of drug-likeness (QED) is 0.697. The Morgan fingerprint density at radius 2 is 1.89 bits per heavy atom. The Hall–Kier alpha value is -3.27. The minimum Gasteiger partial charge on any atom is -0.454 e. The molecule has 28 heavy (non-hydrogen) atoms. The maximum atomic E-state index is 12.3. The van der Waals surface area contributed by atoms with Crippen molar-refractivity contribution in [3.63, 3.8) is 0 Å². The van der Waals surface area contributed by atoms with Gasteiger partial charge in [0.05, 0.1) is 12.4 Å². The molecule has 1 atom stereocenters. The van der Waals surface area contributed by atoms with Gasteiger partial charge in [-0.25, -0.2) is 9.67 Å². The van der Waals surface area contributed by atoms with Gasteiger partial charge in [0.2, 0.25) is 5.91 Å². The zero-order chi connectivity index (χ0) is 19.5. The van der Waals surface area contributed by atoms with Crippen LogP contribution in [0.5, 0.6) is 11.5 Å². The number of rotatable bonds is 4. The third-order valence-corrected chi connectivity index (χ3v) is 4.70. The molecule has 2 amide bonds. The summed E-state index contributed by atoms with van der Waals surface area (Å²) in [6.45, 7) is 3.65. The van der Waals surface area contributed by atoms with E-state index in [-0.39, 0.29) is 24.5 Å². The fourth-order valence-electron chi connectivity index (χ4n) is 3.26. The molecule has 0 spiro atoms. The number of aromatic nitrogens is 3. The molecule has 2 aromatic rings. The van der Waals surface area contributed by atoms with Crippen molar-refractivity contribution in [3.8, 4) is 11.5 Å². The summed E-state index contributed by atoms with van der Waals surface area (Å²) in [7, 11) is 0. The van der Waals surface area contributed by atoms with Gasteiger partial charge in [-0.3, -0.25) is 19.7 Å². The van der Waals surface area contributed by atoms with Crippen LogP contribution in [0.1, 0.15) is 18.9 Å². The Bertz CT molecular complexity index is 936. The minimum absolute atomic E-state index is 0.174. The average molecular weight is 384 g/mol. The summed E-state index contributed by atoms with van der Waals surface area (Å²) in [6.07, 6.45) is 3.39. The second-order valence-electron chi connectivity index (χ2n) is 6.63. The zero-order valence-electron chi connectivity index (χ0n) is 15.1. The standard InChI is InChI=1S/C18H20N6O4/c25-16-4-2-14(18(27)22-16)24-17(26)9-13(11-21-24)28-12-1-3-15(20-10-12)23-7-5-19-6-8-23/h1,3,9-11,14,19H,2,4-8H2,(H,22,25,27). The smallest absolute Gasteiger partial charge is 0.271 e. The van der Waals surface area contributed by atoms with Gasteiger partial charge in [0, 0.05) is 38.7 Å². The van der Waals surface area contributed by atoms with Crippen molar-refractivity contribution in [2.45, 2.75) is 18.9 Å².